The lowest BCUT2D eigenvalue weighted by Crippen LogP contribution is -1.87. The van der Waals surface area contributed by atoms with Crippen LogP contribution in [0, 0.1) is 6.92 Å². The molecule has 68 valence electrons. The molecule has 2 rings (SSSR count). The van der Waals surface area contributed by atoms with Crippen LogP contribution in [0.25, 0.3) is 11.0 Å². The SMILES string of the molecule is CC.Cc1nccc2nccnc12. The highest BCUT2D eigenvalue weighted by molar-refractivity contribution is 5.75. The molecule has 0 radical (unpaired) electrons. The van der Waals surface area contributed by atoms with Gasteiger partial charge in [0.05, 0.1) is 11.2 Å². The van der Waals surface area contributed by atoms with E-state index < -0.39 is 0 Å². The number of aromatic nitrogens is 3. The number of pyridine rings is 1. The molecule has 2 aromatic rings. The first-order valence-corrected chi connectivity index (χ1v) is 4.40. The molecule has 0 saturated heterocycles. The zero-order valence-corrected chi connectivity index (χ0v) is 8.15. The van der Waals surface area contributed by atoms with Gasteiger partial charge < -0.3 is 0 Å². The smallest absolute Gasteiger partial charge is 0.110 e. The van der Waals surface area contributed by atoms with Crippen LogP contribution < -0.4 is 0 Å². The molecule has 2 heterocycles. The van der Waals surface area contributed by atoms with Crippen molar-refractivity contribution in [2.45, 2.75) is 20.8 Å². The third-order valence-corrected chi connectivity index (χ3v) is 1.57. The average molecular weight is 175 g/mol. The van der Waals surface area contributed by atoms with Crippen LogP contribution >= 0.6 is 0 Å². The minimum atomic E-state index is 0.884. The fraction of sp³-hybridized carbons (Fsp3) is 0.300. The van der Waals surface area contributed by atoms with Gasteiger partial charge in [-0.2, -0.15) is 0 Å². The number of hydrogen-bond acceptors (Lipinski definition) is 3. The van der Waals surface area contributed by atoms with Gasteiger partial charge in [-0.3, -0.25) is 15.0 Å². The molecular weight excluding hydrogens is 162 g/mol. The van der Waals surface area contributed by atoms with Crippen LogP contribution in [0.5, 0.6) is 0 Å². The zero-order chi connectivity index (χ0) is 9.68. The van der Waals surface area contributed by atoms with E-state index in [1.807, 2.05) is 26.8 Å². The van der Waals surface area contributed by atoms with Gasteiger partial charge in [0.15, 0.2) is 0 Å². The second-order valence-electron chi connectivity index (χ2n) is 2.32. The standard InChI is InChI=1S/C8H7N3.C2H6/c1-6-8-7(2-3-9-6)10-4-5-11-8;1-2/h2-5H,1H3;1-2H3. The number of aryl methyl sites for hydroxylation is 1. The molecule has 0 fully saturated rings. The molecule has 0 amide bonds. The fourth-order valence-corrected chi connectivity index (χ4v) is 1.03. The van der Waals surface area contributed by atoms with Gasteiger partial charge in [-0.15, -0.1) is 0 Å². The maximum atomic E-state index is 4.16. The molecular formula is C10H13N3. The number of rotatable bonds is 0. The Bertz CT molecular complexity index is 379. The molecule has 0 bridgehead atoms. The van der Waals surface area contributed by atoms with Gasteiger partial charge in [-0.25, -0.2) is 0 Å². The number of nitrogens with zero attached hydrogens (tertiary/aromatic N) is 3. The van der Waals surface area contributed by atoms with Crippen molar-refractivity contribution in [2.24, 2.45) is 0 Å². The van der Waals surface area contributed by atoms with E-state index in [0.29, 0.717) is 0 Å². The van der Waals surface area contributed by atoms with E-state index in [4.69, 9.17) is 0 Å². The lowest BCUT2D eigenvalue weighted by molar-refractivity contribution is 1.18. The van der Waals surface area contributed by atoms with E-state index in [2.05, 4.69) is 15.0 Å². The Balaban J connectivity index is 0.000000396. The molecule has 0 atom stereocenters. The summed E-state index contributed by atoms with van der Waals surface area (Å²) in [4.78, 5) is 12.4. The van der Waals surface area contributed by atoms with E-state index in [9.17, 15) is 0 Å². The van der Waals surface area contributed by atoms with Gasteiger partial charge in [0.1, 0.15) is 5.52 Å². The fourth-order valence-electron chi connectivity index (χ4n) is 1.03. The van der Waals surface area contributed by atoms with Crippen molar-refractivity contribution in [2.75, 3.05) is 0 Å². The van der Waals surface area contributed by atoms with Gasteiger partial charge in [0.2, 0.25) is 0 Å². The lowest BCUT2D eigenvalue weighted by atomic mass is 10.3. The summed E-state index contributed by atoms with van der Waals surface area (Å²) in [5, 5.41) is 0. The van der Waals surface area contributed by atoms with Gasteiger partial charge in [0.25, 0.3) is 0 Å². The van der Waals surface area contributed by atoms with Gasteiger partial charge in [-0.1, -0.05) is 13.8 Å². The summed E-state index contributed by atoms with van der Waals surface area (Å²) in [7, 11) is 0. The monoisotopic (exact) mass is 175 g/mol. The Morgan fingerprint density at radius 1 is 0.923 bits per heavy atom. The minimum Gasteiger partial charge on any atom is -0.259 e. The summed E-state index contributed by atoms with van der Waals surface area (Å²) in [6.45, 7) is 5.93. The van der Waals surface area contributed by atoms with Crippen LogP contribution in [-0.4, -0.2) is 15.0 Å². The zero-order valence-electron chi connectivity index (χ0n) is 8.15. The molecule has 2 aromatic heterocycles. The number of hydrogen-bond donors (Lipinski definition) is 0. The van der Waals surface area contributed by atoms with Crippen molar-refractivity contribution in [1.29, 1.82) is 0 Å². The van der Waals surface area contributed by atoms with Crippen molar-refractivity contribution in [3.63, 3.8) is 0 Å². The molecule has 0 spiro atoms. The maximum absolute atomic E-state index is 4.16. The highest BCUT2D eigenvalue weighted by atomic mass is 14.8. The summed E-state index contributed by atoms with van der Waals surface area (Å²) in [6.07, 6.45) is 5.10. The van der Waals surface area contributed by atoms with Crippen LogP contribution in [0.15, 0.2) is 24.7 Å². The van der Waals surface area contributed by atoms with Crippen molar-refractivity contribution >= 4 is 11.0 Å². The summed E-state index contributed by atoms with van der Waals surface area (Å²) < 4.78 is 0. The van der Waals surface area contributed by atoms with E-state index in [1.165, 1.54) is 0 Å². The van der Waals surface area contributed by atoms with E-state index in [0.717, 1.165) is 16.7 Å². The molecule has 0 aliphatic heterocycles. The lowest BCUT2D eigenvalue weighted by Gasteiger charge is -1.95. The van der Waals surface area contributed by atoms with E-state index in [-0.39, 0.29) is 0 Å². The second kappa shape index (κ2) is 4.50. The highest BCUT2D eigenvalue weighted by Crippen LogP contribution is 2.08. The van der Waals surface area contributed by atoms with Crippen LogP contribution in [0.2, 0.25) is 0 Å². The molecule has 0 aromatic carbocycles. The first kappa shape index (κ1) is 9.58. The summed E-state index contributed by atoms with van der Waals surface area (Å²) in [5.74, 6) is 0. The van der Waals surface area contributed by atoms with Crippen molar-refractivity contribution < 1.29 is 0 Å². The predicted octanol–water partition coefficient (Wildman–Crippen LogP) is 2.36. The normalized spacial score (nSPS) is 9.15. The average Bonchev–Trinajstić information content (AvgIpc) is 2.22. The van der Waals surface area contributed by atoms with Gasteiger partial charge in [0, 0.05) is 18.6 Å². The summed E-state index contributed by atoms with van der Waals surface area (Å²) in [6, 6.07) is 1.86. The third kappa shape index (κ3) is 1.99. The Labute approximate surface area is 77.9 Å². The van der Waals surface area contributed by atoms with Crippen molar-refractivity contribution in [3.8, 4) is 0 Å². The van der Waals surface area contributed by atoms with Crippen LogP contribution in [-0.2, 0) is 0 Å². The molecule has 13 heavy (non-hydrogen) atoms. The van der Waals surface area contributed by atoms with E-state index in [1.54, 1.807) is 18.6 Å². The third-order valence-electron chi connectivity index (χ3n) is 1.57. The Hall–Kier alpha value is -1.51. The van der Waals surface area contributed by atoms with Crippen molar-refractivity contribution in [1.82, 2.24) is 15.0 Å². The van der Waals surface area contributed by atoms with Crippen LogP contribution in [0.3, 0.4) is 0 Å². The second-order valence-corrected chi connectivity index (χ2v) is 2.32. The first-order chi connectivity index (χ1) is 6.38. The summed E-state index contributed by atoms with van der Waals surface area (Å²) >= 11 is 0. The maximum Gasteiger partial charge on any atom is 0.110 e. The molecule has 0 aliphatic rings. The van der Waals surface area contributed by atoms with Crippen LogP contribution in [0.1, 0.15) is 19.5 Å². The van der Waals surface area contributed by atoms with Crippen molar-refractivity contribution in [3.05, 3.63) is 30.4 Å². The number of fused-ring (bicyclic) bond motifs is 1. The van der Waals surface area contributed by atoms with Gasteiger partial charge >= 0.3 is 0 Å². The van der Waals surface area contributed by atoms with Gasteiger partial charge in [-0.05, 0) is 13.0 Å². The topological polar surface area (TPSA) is 38.7 Å². The largest absolute Gasteiger partial charge is 0.259 e. The Morgan fingerprint density at radius 3 is 2.31 bits per heavy atom. The molecule has 0 aliphatic carbocycles. The molecule has 0 unspecified atom stereocenters. The Morgan fingerprint density at radius 2 is 1.62 bits per heavy atom. The Kier molecular flexibility index (Phi) is 3.31. The molecule has 3 nitrogen and oxygen atoms in total. The molecule has 3 heteroatoms. The summed E-state index contributed by atoms with van der Waals surface area (Å²) in [5.41, 5.74) is 2.71. The minimum absolute atomic E-state index is 0.884. The molecule has 0 N–H and O–H groups in total. The molecule has 0 saturated carbocycles. The quantitative estimate of drug-likeness (QED) is 0.617. The van der Waals surface area contributed by atoms with E-state index >= 15 is 0 Å². The van der Waals surface area contributed by atoms with Crippen LogP contribution in [0.4, 0.5) is 0 Å². The predicted molar refractivity (Wildman–Crippen MR) is 53.4 cm³/mol. The highest BCUT2D eigenvalue weighted by Gasteiger charge is 1.96. The first-order valence-electron chi connectivity index (χ1n) is 4.40.